The van der Waals surface area contributed by atoms with Gasteiger partial charge in [0.1, 0.15) is 5.82 Å². The lowest BCUT2D eigenvalue weighted by Gasteiger charge is -2.35. The molecule has 2 saturated heterocycles. The van der Waals surface area contributed by atoms with Crippen molar-refractivity contribution in [3.05, 3.63) is 35.6 Å². The van der Waals surface area contributed by atoms with Gasteiger partial charge in [-0.3, -0.25) is 9.69 Å². The highest BCUT2D eigenvalue weighted by atomic mass is 19.1. The predicted octanol–water partition coefficient (Wildman–Crippen LogP) is 1.07. The van der Waals surface area contributed by atoms with Crippen LogP contribution in [0.1, 0.15) is 18.4 Å². The predicted molar refractivity (Wildman–Crippen MR) is 98.9 cm³/mol. The number of piperazine rings is 1. The zero-order valence-electron chi connectivity index (χ0n) is 15.7. The van der Waals surface area contributed by atoms with Crippen LogP contribution in [0.2, 0.25) is 0 Å². The standard InChI is InChI=1S/C20H29FN2O4/c21-19-6-2-1-4-16(19)12-20(25)23-9-7-22(8-10-23)13-17(24)14-26-15-18-5-3-11-27-18/h1-2,4,6,17-18,24H,3,5,7-15H2. The Hall–Kier alpha value is -1.54. The zero-order chi connectivity index (χ0) is 19.1. The third-order valence-corrected chi connectivity index (χ3v) is 5.13. The summed E-state index contributed by atoms with van der Waals surface area (Å²) in [6.07, 6.45) is 1.82. The van der Waals surface area contributed by atoms with E-state index in [1.54, 1.807) is 23.1 Å². The molecule has 1 N–H and O–H groups in total. The molecule has 2 aliphatic rings. The second-order valence-corrected chi connectivity index (χ2v) is 7.28. The number of benzene rings is 1. The number of carbonyl (C=O) groups is 1. The minimum absolute atomic E-state index is 0.0554. The van der Waals surface area contributed by atoms with Gasteiger partial charge in [-0.25, -0.2) is 4.39 Å². The summed E-state index contributed by atoms with van der Waals surface area (Å²) in [6.45, 7) is 4.75. The molecule has 0 aromatic heterocycles. The number of hydrogen-bond acceptors (Lipinski definition) is 5. The molecule has 0 bridgehead atoms. The molecule has 150 valence electrons. The van der Waals surface area contributed by atoms with E-state index in [2.05, 4.69) is 4.90 Å². The molecule has 0 spiro atoms. The summed E-state index contributed by atoms with van der Waals surface area (Å²) < 4.78 is 24.7. The Labute approximate surface area is 159 Å². The molecule has 7 heteroatoms. The van der Waals surface area contributed by atoms with E-state index >= 15 is 0 Å². The van der Waals surface area contributed by atoms with Gasteiger partial charge in [0, 0.05) is 39.3 Å². The molecule has 2 heterocycles. The number of β-amino-alcohol motifs (C(OH)–C–C–N with tert-alkyl or cyclic N) is 1. The fourth-order valence-electron chi connectivity index (χ4n) is 3.56. The number of carbonyl (C=O) groups excluding carboxylic acids is 1. The molecule has 0 saturated carbocycles. The maximum Gasteiger partial charge on any atom is 0.227 e. The van der Waals surface area contributed by atoms with Gasteiger partial charge in [-0.05, 0) is 24.5 Å². The molecule has 2 unspecified atom stereocenters. The van der Waals surface area contributed by atoms with Crippen LogP contribution in [0, 0.1) is 5.82 Å². The molecule has 0 aliphatic carbocycles. The van der Waals surface area contributed by atoms with Crippen LogP contribution in [-0.4, -0.2) is 85.6 Å². The van der Waals surface area contributed by atoms with Gasteiger partial charge in [0.2, 0.25) is 5.91 Å². The lowest BCUT2D eigenvalue weighted by Crippen LogP contribution is -2.51. The summed E-state index contributed by atoms with van der Waals surface area (Å²) >= 11 is 0. The summed E-state index contributed by atoms with van der Waals surface area (Å²) in [7, 11) is 0. The number of nitrogens with zero attached hydrogens (tertiary/aromatic N) is 2. The fraction of sp³-hybridized carbons (Fsp3) is 0.650. The van der Waals surface area contributed by atoms with Gasteiger partial charge >= 0.3 is 0 Å². The van der Waals surface area contributed by atoms with Crippen LogP contribution in [-0.2, 0) is 20.7 Å². The Morgan fingerprint density at radius 1 is 1.30 bits per heavy atom. The van der Waals surface area contributed by atoms with Crippen molar-refractivity contribution in [3.63, 3.8) is 0 Å². The van der Waals surface area contributed by atoms with Crippen molar-refractivity contribution in [2.45, 2.75) is 31.5 Å². The lowest BCUT2D eigenvalue weighted by atomic mass is 10.1. The molecule has 0 radical (unpaired) electrons. The largest absolute Gasteiger partial charge is 0.389 e. The minimum atomic E-state index is -0.549. The van der Waals surface area contributed by atoms with Gasteiger partial charge in [-0.2, -0.15) is 0 Å². The quantitative estimate of drug-likeness (QED) is 0.731. The first-order chi connectivity index (χ1) is 13.1. The summed E-state index contributed by atoms with van der Waals surface area (Å²) in [6, 6.07) is 6.39. The van der Waals surface area contributed by atoms with Gasteiger partial charge in [-0.1, -0.05) is 18.2 Å². The van der Waals surface area contributed by atoms with Gasteiger partial charge in [-0.15, -0.1) is 0 Å². The van der Waals surface area contributed by atoms with Crippen LogP contribution in [0.3, 0.4) is 0 Å². The molecule has 1 amide bonds. The van der Waals surface area contributed by atoms with Crippen molar-refractivity contribution in [2.75, 3.05) is 52.5 Å². The average Bonchev–Trinajstić information content (AvgIpc) is 3.17. The van der Waals surface area contributed by atoms with Crippen LogP contribution in [0.25, 0.3) is 0 Å². The number of hydrogen-bond donors (Lipinski definition) is 1. The van der Waals surface area contributed by atoms with Crippen molar-refractivity contribution >= 4 is 5.91 Å². The van der Waals surface area contributed by atoms with Crippen molar-refractivity contribution < 1.29 is 23.8 Å². The summed E-state index contributed by atoms with van der Waals surface area (Å²) in [5, 5.41) is 10.1. The lowest BCUT2D eigenvalue weighted by molar-refractivity contribution is -0.132. The van der Waals surface area contributed by atoms with Crippen molar-refractivity contribution in [2.24, 2.45) is 0 Å². The Kier molecular flexibility index (Phi) is 7.58. The molecule has 2 atom stereocenters. The fourth-order valence-corrected chi connectivity index (χ4v) is 3.56. The van der Waals surface area contributed by atoms with E-state index < -0.39 is 6.10 Å². The number of amides is 1. The van der Waals surface area contributed by atoms with E-state index in [0.717, 1.165) is 19.4 Å². The number of ether oxygens (including phenoxy) is 2. The molecule has 1 aromatic carbocycles. The number of halogens is 1. The van der Waals surface area contributed by atoms with E-state index in [-0.39, 0.29) is 24.2 Å². The minimum Gasteiger partial charge on any atom is -0.389 e. The summed E-state index contributed by atoms with van der Waals surface area (Å²) in [5.74, 6) is -0.393. The topological polar surface area (TPSA) is 62.2 Å². The van der Waals surface area contributed by atoms with Crippen LogP contribution in [0.4, 0.5) is 4.39 Å². The van der Waals surface area contributed by atoms with E-state index in [1.165, 1.54) is 6.07 Å². The van der Waals surface area contributed by atoms with E-state index in [9.17, 15) is 14.3 Å². The Morgan fingerprint density at radius 2 is 2.07 bits per heavy atom. The highest BCUT2D eigenvalue weighted by molar-refractivity contribution is 5.79. The molecule has 2 fully saturated rings. The normalized spacial score (nSPS) is 22.1. The Morgan fingerprint density at radius 3 is 2.78 bits per heavy atom. The molecular weight excluding hydrogens is 351 g/mol. The molecule has 3 rings (SSSR count). The third kappa shape index (κ3) is 6.24. The van der Waals surface area contributed by atoms with Crippen LogP contribution >= 0.6 is 0 Å². The van der Waals surface area contributed by atoms with Crippen molar-refractivity contribution in [1.29, 1.82) is 0 Å². The highest BCUT2D eigenvalue weighted by Crippen LogP contribution is 2.13. The first-order valence-electron chi connectivity index (χ1n) is 9.73. The van der Waals surface area contributed by atoms with Crippen LogP contribution in [0.15, 0.2) is 24.3 Å². The van der Waals surface area contributed by atoms with Gasteiger partial charge in [0.15, 0.2) is 0 Å². The first kappa shape index (κ1) is 20.2. The first-order valence-corrected chi connectivity index (χ1v) is 9.73. The van der Waals surface area contributed by atoms with Crippen LogP contribution in [0.5, 0.6) is 0 Å². The van der Waals surface area contributed by atoms with E-state index in [4.69, 9.17) is 9.47 Å². The Bertz CT molecular complexity index is 601. The summed E-state index contributed by atoms with van der Waals surface area (Å²) in [4.78, 5) is 16.3. The second-order valence-electron chi connectivity index (χ2n) is 7.28. The second kappa shape index (κ2) is 10.1. The van der Waals surface area contributed by atoms with Gasteiger partial charge < -0.3 is 19.5 Å². The molecular formula is C20H29FN2O4. The maximum absolute atomic E-state index is 13.7. The number of aliphatic hydroxyl groups excluding tert-OH is 1. The molecule has 1 aromatic rings. The molecule has 2 aliphatic heterocycles. The number of aliphatic hydroxyl groups is 1. The smallest absolute Gasteiger partial charge is 0.227 e. The van der Waals surface area contributed by atoms with Crippen molar-refractivity contribution in [1.82, 2.24) is 9.80 Å². The van der Waals surface area contributed by atoms with Crippen molar-refractivity contribution in [3.8, 4) is 0 Å². The van der Waals surface area contributed by atoms with Gasteiger partial charge in [0.05, 0.1) is 31.8 Å². The Balaban J connectivity index is 1.33. The monoisotopic (exact) mass is 380 g/mol. The molecule has 27 heavy (non-hydrogen) atoms. The zero-order valence-corrected chi connectivity index (χ0v) is 15.7. The van der Waals surface area contributed by atoms with E-state index in [1.807, 2.05) is 0 Å². The van der Waals surface area contributed by atoms with E-state index in [0.29, 0.717) is 51.5 Å². The molecule has 6 nitrogen and oxygen atoms in total. The number of rotatable bonds is 8. The maximum atomic E-state index is 13.7. The highest BCUT2D eigenvalue weighted by Gasteiger charge is 2.23. The average molecular weight is 380 g/mol. The van der Waals surface area contributed by atoms with Gasteiger partial charge in [0.25, 0.3) is 0 Å². The summed E-state index contributed by atoms with van der Waals surface area (Å²) in [5.41, 5.74) is 0.434. The van der Waals surface area contributed by atoms with Crippen LogP contribution < -0.4 is 0 Å². The SMILES string of the molecule is O=C(Cc1ccccc1F)N1CCN(CC(O)COCC2CCCO2)CC1. The third-order valence-electron chi connectivity index (χ3n) is 5.13.